The van der Waals surface area contributed by atoms with Crippen LogP contribution in [0.5, 0.6) is 0 Å². The third-order valence-corrected chi connectivity index (χ3v) is 15.5. The van der Waals surface area contributed by atoms with Crippen molar-refractivity contribution in [2.24, 2.45) is 0 Å². The predicted octanol–water partition coefficient (Wildman–Crippen LogP) is 3.66. The molecule has 0 aromatic carbocycles. The van der Waals surface area contributed by atoms with Gasteiger partial charge in [-0.05, 0) is 0 Å². The summed E-state index contributed by atoms with van der Waals surface area (Å²) in [5, 5.41) is 3.30. The van der Waals surface area contributed by atoms with E-state index >= 15 is 0 Å². The first kappa shape index (κ1) is 8.64. The fraction of sp³-hybridized carbons (Fsp3) is 1.00. The second kappa shape index (κ2) is 3.29. The van der Waals surface area contributed by atoms with Gasteiger partial charge in [-0.3, -0.25) is 0 Å². The number of hydrogen-bond donors (Lipinski definition) is 0. The van der Waals surface area contributed by atoms with Crippen molar-refractivity contribution in [3.05, 3.63) is 0 Å². The average Bonchev–Trinajstić information content (AvgIpc) is 1.89. The molecule has 0 amide bonds. The molecule has 0 N–H and O–H groups in total. The summed E-state index contributed by atoms with van der Waals surface area (Å²) in [5.41, 5.74) is 0. The van der Waals surface area contributed by atoms with Crippen LogP contribution in [0, 0.1) is 0 Å². The van der Waals surface area contributed by atoms with Gasteiger partial charge in [-0.1, -0.05) is 0 Å². The van der Waals surface area contributed by atoms with Gasteiger partial charge in [0.05, 0.1) is 0 Å². The van der Waals surface area contributed by atoms with Gasteiger partial charge < -0.3 is 0 Å². The van der Waals surface area contributed by atoms with Crippen LogP contribution in [0.2, 0.25) is 21.0 Å². The van der Waals surface area contributed by atoms with E-state index in [0.29, 0.717) is 0 Å². The summed E-state index contributed by atoms with van der Waals surface area (Å²) in [7, 11) is 0. The topological polar surface area (TPSA) is 0 Å². The molecule has 0 aromatic rings. The van der Waals surface area contributed by atoms with Crippen molar-refractivity contribution in [1.29, 1.82) is 0 Å². The zero-order valence-corrected chi connectivity index (χ0v) is 9.71. The molecular weight excluding hydrogens is 181 g/mol. The third-order valence-electron chi connectivity index (χ3n) is 3.39. The molecule has 1 aliphatic rings. The zero-order chi connectivity index (χ0) is 7.61. The Hall–Kier alpha value is 0.543. The van der Waals surface area contributed by atoms with Crippen LogP contribution in [-0.4, -0.2) is 13.3 Å². The quantitative estimate of drug-likeness (QED) is 0.567. The average molecular weight is 201 g/mol. The SMILES string of the molecule is C[CH](C)[Ge]1([CH3])[CH2]CCC[CH2]1. The maximum absolute atomic E-state index is 2.64. The van der Waals surface area contributed by atoms with E-state index in [1.54, 1.807) is 23.3 Å². The van der Waals surface area contributed by atoms with E-state index in [2.05, 4.69) is 19.6 Å². The monoisotopic (exact) mass is 202 g/mol. The van der Waals surface area contributed by atoms with Crippen molar-refractivity contribution in [2.45, 2.75) is 54.1 Å². The first-order valence-electron chi connectivity index (χ1n) is 4.65. The molecule has 0 radical (unpaired) electrons. The molecule has 1 heteroatoms. The fourth-order valence-corrected chi connectivity index (χ4v) is 9.32. The Balaban J connectivity index is 2.48. The Morgan fingerprint density at radius 1 is 1.00 bits per heavy atom. The summed E-state index contributed by atoms with van der Waals surface area (Å²) in [4.78, 5) is 0. The number of rotatable bonds is 1. The van der Waals surface area contributed by atoms with Crippen LogP contribution in [0.15, 0.2) is 0 Å². The van der Waals surface area contributed by atoms with Crippen molar-refractivity contribution in [3.8, 4) is 0 Å². The van der Waals surface area contributed by atoms with Crippen molar-refractivity contribution in [1.82, 2.24) is 0 Å². The van der Waals surface area contributed by atoms with E-state index < -0.39 is 13.3 Å². The van der Waals surface area contributed by atoms with Crippen molar-refractivity contribution >= 4 is 13.3 Å². The summed E-state index contributed by atoms with van der Waals surface area (Å²) in [6, 6.07) is 0. The van der Waals surface area contributed by atoms with E-state index in [4.69, 9.17) is 0 Å². The zero-order valence-electron chi connectivity index (χ0n) is 7.61. The molecule has 0 aliphatic carbocycles. The molecule has 1 aliphatic heterocycles. The Labute approximate surface area is 67.8 Å². The molecule has 0 saturated carbocycles. The first-order chi connectivity index (χ1) is 4.65. The summed E-state index contributed by atoms with van der Waals surface area (Å²) in [6.45, 7) is 4.90. The molecule has 0 unspecified atom stereocenters. The van der Waals surface area contributed by atoms with Crippen LogP contribution in [0.1, 0.15) is 33.1 Å². The summed E-state index contributed by atoms with van der Waals surface area (Å²) in [6.07, 6.45) is 4.62. The molecule has 0 nitrogen and oxygen atoms in total. The van der Waals surface area contributed by atoms with Crippen LogP contribution < -0.4 is 0 Å². The minimum atomic E-state index is -1.20. The van der Waals surface area contributed by atoms with Gasteiger partial charge >= 0.3 is 67.4 Å². The van der Waals surface area contributed by atoms with Crippen molar-refractivity contribution in [2.75, 3.05) is 0 Å². The van der Waals surface area contributed by atoms with Gasteiger partial charge in [0, 0.05) is 0 Å². The third kappa shape index (κ3) is 1.78. The standard InChI is InChI=1S/C9H20Ge/c1-9(2)10(3)7-5-4-6-8-10/h9H,4-8H2,1-3H3. The molecule has 1 saturated heterocycles. The van der Waals surface area contributed by atoms with Gasteiger partial charge in [-0.2, -0.15) is 0 Å². The number of hydrogen-bond acceptors (Lipinski definition) is 0. The second-order valence-electron chi connectivity index (χ2n) is 4.37. The summed E-state index contributed by atoms with van der Waals surface area (Å²) < 4.78 is 1.07. The summed E-state index contributed by atoms with van der Waals surface area (Å²) in [5.74, 6) is 2.64. The molecule has 0 bridgehead atoms. The Kier molecular flexibility index (Phi) is 2.84. The Bertz CT molecular complexity index is 101. The van der Waals surface area contributed by atoms with Crippen LogP contribution in [0.3, 0.4) is 0 Å². The van der Waals surface area contributed by atoms with Crippen LogP contribution in [0.25, 0.3) is 0 Å². The van der Waals surface area contributed by atoms with E-state index in [1.165, 1.54) is 6.42 Å². The molecule has 1 fully saturated rings. The van der Waals surface area contributed by atoms with Crippen LogP contribution >= 0.6 is 0 Å². The Morgan fingerprint density at radius 2 is 1.50 bits per heavy atom. The molecule has 10 heavy (non-hydrogen) atoms. The van der Waals surface area contributed by atoms with Gasteiger partial charge in [-0.25, -0.2) is 0 Å². The van der Waals surface area contributed by atoms with E-state index in [0.717, 1.165) is 4.75 Å². The Morgan fingerprint density at radius 3 is 1.80 bits per heavy atom. The van der Waals surface area contributed by atoms with E-state index in [9.17, 15) is 0 Å². The molecular formula is C9H20Ge. The van der Waals surface area contributed by atoms with E-state index in [1.807, 2.05) is 0 Å². The van der Waals surface area contributed by atoms with Gasteiger partial charge in [-0.15, -0.1) is 0 Å². The summed E-state index contributed by atoms with van der Waals surface area (Å²) >= 11 is -1.20. The maximum atomic E-state index is 2.64. The molecule has 60 valence electrons. The normalized spacial score (nSPS) is 25.2. The minimum absolute atomic E-state index is 1.07. The predicted molar refractivity (Wildman–Crippen MR) is 50.2 cm³/mol. The molecule has 1 heterocycles. The second-order valence-corrected chi connectivity index (χ2v) is 15.8. The van der Waals surface area contributed by atoms with Crippen LogP contribution in [0.4, 0.5) is 0 Å². The van der Waals surface area contributed by atoms with Gasteiger partial charge in [0.25, 0.3) is 0 Å². The van der Waals surface area contributed by atoms with E-state index in [-0.39, 0.29) is 0 Å². The van der Waals surface area contributed by atoms with Crippen molar-refractivity contribution in [3.63, 3.8) is 0 Å². The molecule has 1 rings (SSSR count). The molecule has 0 spiro atoms. The van der Waals surface area contributed by atoms with Gasteiger partial charge in [0.2, 0.25) is 0 Å². The first-order valence-corrected chi connectivity index (χ1v) is 10.9. The van der Waals surface area contributed by atoms with Crippen LogP contribution in [-0.2, 0) is 0 Å². The fourth-order valence-electron chi connectivity index (χ4n) is 1.94. The molecule has 0 atom stereocenters. The van der Waals surface area contributed by atoms with Crippen molar-refractivity contribution < 1.29 is 0 Å². The van der Waals surface area contributed by atoms with Gasteiger partial charge in [0.15, 0.2) is 0 Å². The molecule has 0 aromatic heterocycles. The van der Waals surface area contributed by atoms with Gasteiger partial charge in [0.1, 0.15) is 0 Å².